The van der Waals surface area contributed by atoms with Gasteiger partial charge in [0, 0.05) is 14.6 Å². The van der Waals surface area contributed by atoms with Crippen LogP contribution in [-0.4, -0.2) is 12.5 Å². The molecule has 3 N–H and O–H groups in total. The first-order valence-electron chi connectivity index (χ1n) is 5.88. The molecule has 0 saturated heterocycles. The van der Waals surface area contributed by atoms with Crippen LogP contribution in [0.4, 0.5) is 11.4 Å². The molecule has 2 aromatic carbocycles. The number of ether oxygens (including phenoxy) is 1. The maximum Gasteiger partial charge on any atom is 0.262 e. The largest absolute Gasteiger partial charge is 0.482 e. The van der Waals surface area contributed by atoms with E-state index in [4.69, 9.17) is 22.1 Å². The van der Waals surface area contributed by atoms with E-state index in [9.17, 15) is 4.79 Å². The highest BCUT2D eigenvalue weighted by atomic mass is 79.9. The zero-order chi connectivity index (χ0) is 15.4. The van der Waals surface area contributed by atoms with Crippen LogP contribution in [0.1, 0.15) is 0 Å². The van der Waals surface area contributed by atoms with E-state index in [-0.39, 0.29) is 12.5 Å². The molecular weight excluding hydrogens is 423 g/mol. The summed E-state index contributed by atoms with van der Waals surface area (Å²) in [6.45, 7) is -0.146. The van der Waals surface area contributed by atoms with Crippen molar-refractivity contribution in [2.75, 3.05) is 17.7 Å². The van der Waals surface area contributed by atoms with E-state index in [1.807, 2.05) is 0 Å². The number of nitrogens with one attached hydrogen (secondary N) is 1. The van der Waals surface area contributed by atoms with E-state index in [1.54, 1.807) is 36.4 Å². The summed E-state index contributed by atoms with van der Waals surface area (Å²) in [6.07, 6.45) is 0. The van der Waals surface area contributed by atoms with Gasteiger partial charge in [-0.1, -0.05) is 27.5 Å². The maximum absolute atomic E-state index is 11.9. The highest BCUT2D eigenvalue weighted by Gasteiger charge is 2.09. The van der Waals surface area contributed by atoms with E-state index in [0.717, 1.165) is 4.47 Å². The van der Waals surface area contributed by atoms with Gasteiger partial charge in [0.15, 0.2) is 6.61 Å². The lowest BCUT2D eigenvalue weighted by Crippen LogP contribution is -2.20. The van der Waals surface area contributed by atoms with Crippen molar-refractivity contribution < 1.29 is 9.53 Å². The van der Waals surface area contributed by atoms with Gasteiger partial charge in [-0.25, -0.2) is 0 Å². The number of amides is 1. The van der Waals surface area contributed by atoms with Crippen molar-refractivity contribution in [3.8, 4) is 5.75 Å². The minimum absolute atomic E-state index is 0.146. The van der Waals surface area contributed by atoms with Crippen LogP contribution < -0.4 is 15.8 Å². The van der Waals surface area contributed by atoms with Gasteiger partial charge in [0.1, 0.15) is 5.75 Å². The second-order valence-corrected chi connectivity index (χ2v) is 6.33. The second kappa shape index (κ2) is 7.15. The van der Waals surface area contributed by atoms with Crippen LogP contribution in [0.2, 0.25) is 5.02 Å². The number of carbonyl (C=O) groups excluding carboxylic acids is 1. The van der Waals surface area contributed by atoms with Crippen LogP contribution in [0.5, 0.6) is 5.75 Å². The Kier molecular flexibility index (Phi) is 5.50. The minimum atomic E-state index is -0.295. The van der Waals surface area contributed by atoms with Crippen LogP contribution in [-0.2, 0) is 4.79 Å². The highest BCUT2D eigenvalue weighted by Crippen LogP contribution is 2.28. The lowest BCUT2D eigenvalue weighted by Gasteiger charge is -2.10. The Morgan fingerprint density at radius 3 is 2.71 bits per heavy atom. The number of carbonyl (C=O) groups is 1. The molecule has 0 radical (unpaired) electrons. The molecule has 0 unspecified atom stereocenters. The predicted octanol–water partition coefficient (Wildman–Crippen LogP) is 4.46. The third-order valence-corrected chi connectivity index (χ3v) is 3.98. The molecule has 0 fully saturated rings. The Morgan fingerprint density at radius 2 is 2.00 bits per heavy atom. The smallest absolute Gasteiger partial charge is 0.262 e. The summed E-state index contributed by atoms with van der Waals surface area (Å²) < 4.78 is 6.93. The number of halogens is 3. The van der Waals surface area contributed by atoms with E-state index in [0.29, 0.717) is 26.6 Å². The van der Waals surface area contributed by atoms with Crippen LogP contribution >= 0.6 is 43.5 Å². The lowest BCUT2D eigenvalue weighted by atomic mass is 10.3. The molecule has 21 heavy (non-hydrogen) atoms. The third-order valence-electron chi connectivity index (χ3n) is 2.52. The van der Waals surface area contributed by atoms with Gasteiger partial charge >= 0.3 is 0 Å². The average Bonchev–Trinajstić information content (AvgIpc) is 2.43. The van der Waals surface area contributed by atoms with Gasteiger partial charge in [-0.15, -0.1) is 0 Å². The van der Waals surface area contributed by atoms with Gasteiger partial charge in [-0.05, 0) is 52.3 Å². The quantitative estimate of drug-likeness (QED) is 0.698. The van der Waals surface area contributed by atoms with Gasteiger partial charge in [-0.2, -0.15) is 0 Å². The van der Waals surface area contributed by atoms with Crippen LogP contribution in [0.25, 0.3) is 0 Å². The van der Waals surface area contributed by atoms with Gasteiger partial charge in [-0.3, -0.25) is 4.79 Å². The Bertz CT molecular complexity index is 680. The Labute approximate surface area is 143 Å². The molecule has 1 amide bonds. The summed E-state index contributed by atoms with van der Waals surface area (Å²) in [7, 11) is 0. The van der Waals surface area contributed by atoms with E-state index < -0.39 is 0 Å². The van der Waals surface area contributed by atoms with E-state index in [2.05, 4.69) is 37.2 Å². The fourth-order valence-corrected chi connectivity index (χ4v) is 2.56. The number of rotatable bonds is 4. The highest BCUT2D eigenvalue weighted by molar-refractivity contribution is 9.10. The number of hydrogen-bond donors (Lipinski definition) is 2. The zero-order valence-electron chi connectivity index (χ0n) is 10.7. The lowest BCUT2D eigenvalue weighted by molar-refractivity contribution is -0.118. The summed E-state index contributed by atoms with van der Waals surface area (Å²) in [5, 5.41) is 3.16. The van der Waals surface area contributed by atoms with E-state index in [1.165, 1.54) is 0 Å². The fourth-order valence-electron chi connectivity index (χ4n) is 1.55. The van der Waals surface area contributed by atoms with Crippen molar-refractivity contribution in [2.45, 2.75) is 0 Å². The first-order valence-corrected chi connectivity index (χ1v) is 7.85. The molecule has 110 valence electrons. The predicted molar refractivity (Wildman–Crippen MR) is 91.8 cm³/mol. The molecule has 2 aromatic rings. The van der Waals surface area contributed by atoms with Gasteiger partial charge < -0.3 is 15.8 Å². The summed E-state index contributed by atoms with van der Waals surface area (Å²) in [5.74, 6) is 0.147. The second-order valence-electron chi connectivity index (χ2n) is 4.15. The Hall–Kier alpha value is -1.24. The van der Waals surface area contributed by atoms with E-state index >= 15 is 0 Å². The molecule has 0 aliphatic carbocycles. The normalized spacial score (nSPS) is 10.2. The van der Waals surface area contributed by atoms with Crippen molar-refractivity contribution >= 4 is 60.7 Å². The average molecular weight is 435 g/mol. The molecule has 0 atom stereocenters. The molecule has 4 nitrogen and oxygen atoms in total. The van der Waals surface area contributed by atoms with Crippen LogP contribution in [0.3, 0.4) is 0 Å². The molecule has 0 aliphatic rings. The van der Waals surface area contributed by atoms with Crippen molar-refractivity contribution in [1.29, 1.82) is 0 Å². The number of nitrogens with two attached hydrogens (primary N) is 1. The zero-order valence-corrected chi connectivity index (χ0v) is 14.6. The first kappa shape index (κ1) is 16.1. The van der Waals surface area contributed by atoms with Crippen molar-refractivity contribution in [3.05, 3.63) is 50.4 Å². The van der Waals surface area contributed by atoms with Crippen LogP contribution in [0.15, 0.2) is 45.3 Å². The molecule has 7 heteroatoms. The maximum atomic E-state index is 11.9. The SMILES string of the molecule is Nc1ccc(NC(=O)COc2cc(Br)ccc2Cl)c(Br)c1. The minimum Gasteiger partial charge on any atom is -0.482 e. The van der Waals surface area contributed by atoms with Gasteiger partial charge in [0.25, 0.3) is 5.91 Å². The first-order chi connectivity index (χ1) is 9.95. The van der Waals surface area contributed by atoms with Crippen molar-refractivity contribution in [1.82, 2.24) is 0 Å². The number of nitrogen functional groups attached to an aromatic ring is 1. The van der Waals surface area contributed by atoms with Gasteiger partial charge in [0.2, 0.25) is 0 Å². The van der Waals surface area contributed by atoms with Gasteiger partial charge in [0.05, 0.1) is 10.7 Å². The topological polar surface area (TPSA) is 64.3 Å². The summed E-state index contributed by atoms with van der Waals surface area (Å²) in [4.78, 5) is 11.9. The third kappa shape index (κ3) is 4.62. The molecule has 0 aromatic heterocycles. The number of anilines is 2. The number of benzene rings is 2. The molecule has 0 spiro atoms. The van der Waals surface area contributed by atoms with Crippen molar-refractivity contribution in [2.24, 2.45) is 0 Å². The standard InChI is InChI=1S/C14H11Br2ClN2O2/c15-8-1-3-11(17)13(5-8)21-7-14(20)19-12-4-2-9(18)6-10(12)16/h1-6H,7,18H2,(H,19,20). The fraction of sp³-hybridized carbons (Fsp3) is 0.0714. The van der Waals surface area contributed by atoms with Crippen molar-refractivity contribution in [3.63, 3.8) is 0 Å². The molecular formula is C14H11Br2ClN2O2. The van der Waals surface area contributed by atoms with Crippen LogP contribution in [0, 0.1) is 0 Å². The molecule has 0 bridgehead atoms. The summed E-state index contributed by atoms with van der Waals surface area (Å²) >= 11 is 12.6. The monoisotopic (exact) mass is 432 g/mol. The number of hydrogen-bond acceptors (Lipinski definition) is 3. The summed E-state index contributed by atoms with van der Waals surface area (Å²) in [5.41, 5.74) is 6.87. The Balaban J connectivity index is 1.97. The molecule has 0 saturated carbocycles. The molecule has 2 rings (SSSR count). The Morgan fingerprint density at radius 1 is 1.24 bits per heavy atom. The molecule has 0 aliphatic heterocycles. The summed E-state index contributed by atoms with van der Waals surface area (Å²) in [6, 6.07) is 10.3. The molecule has 0 heterocycles.